The molecule has 0 aliphatic heterocycles. The van der Waals surface area contributed by atoms with Crippen molar-refractivity contribution >= 4 is 49.8 Å². The van der Waals surface area contributed by atoms with Gasteiger partial charge in [0, 0.05) is 0 Å². The van der Waals surface area contributed by atoms with Crippen LogP contribution in [-0.4, -0.2) is 24.9 Å². The van der Waals surface area contributed by atoms with Crippen LogP contribution in [0.3, 0.4) is 0 Å². The zero-order chi connectivity index (χ0) is 5.21. The zero-order valence-corrected chi connectivity index (χ0v) is 9.09. The summed E-state index contributed by atoms with van der Waals surface area (Å²) in [5.74, 6) is 0. The molecule has 0 aliphatic carbocycles. The lowest BCUT2D eigenvalue weighted by Crippen LogP contribution is -2.23. The van der Waals surface area contributed by atoms with E-state index in [0.29, 0.717) is 0 Å². The summed E-state index contributed by atoms with van der Waals surface area (Å²) in [7, 11) is -1.17. The highest BCUT2D eigenvalue weighted by atomic mass is 35.5. The van der Waals surface area contributed by atoms with E-state index >= 15 is 0 Å². The predicted molar refractivity (Wildman–Crippen MR) is 44.7 cm³/mol. The SMILES string of the molecule is C[Si](C)(C)[O][Al].Cl.Cl. The summed E-state index contributed by atoms with van der Waals surface area (Å²) >= 11 is 2.29. The Morgan fingerprint density at radius 1 is 1.12 bits per heavy atom. The summed E-state index contributed by atoms with van der Waals surface area (Å²) in [6.07, 6.45) is 0. The summed E-state index contributed by atoms with van der Waals surface area (Å²) < 4.78 is 4.99. The van der Waals surface area contributed by atoms with Gasteiger partial charge in [0.1, 0.15) is 0 Å². The molecule has 0 bridgehead atoms. The second-order valence-corrected chi connectivity index (χ2v) is 7.40. The minimum atomic E-state index is -1.17. The Morgan fingerprint density at radius 2 is 1.25 bits per heavy atom. The van der Waals surface area contributed by atoms with Gasteiger partial charge in [-0.1, -0.05) is 0 Å². The van der Waals surface area contributed by atoms with Crippen LogP contribution in [-0.2, 0) is 3.48 Å². The topological polar surface area (TPSA) is 9.23 Å². The van der Waals surface area contributed by atoms with Crippen LogP contribution in [0.25, 0.3) is 0 Å². The maximum Gasteiger partial charge on any atom is 0.354 e. The number of hydrogen-bond acceptors (Lipinski definition) is 1. The lowest BCUT2D eigenvalue weighted by molar-refractivity contribution is 0.620. The largest absolute Gasteiger partial charge is 0.558 e. The molecule has 0 rings (SSSR count). The molecule has 2 radical (unpaired) electrons. The highest BCUT2D eigenvalue weighted by molar-refractivity contribution is 6.72. The predicted octanol–water partition coefficient (Wildman–Crippen LogP) is 1.77. The third-order valence-corrected chi connectivity index (χ3v) is 3.18. The molecule has 0 unspecified atom stereocenters. The fourth-order valence-corrected chi connectivity index (χ4v) is 0. The first-order valence-electron chi connectivity index (χ1n) is 1.94. The van der Waals surface area contributed by atoms with Crippen molar-refractivity contribution in [2.24, 2.45) is 0 Å². The molecule has 0 aromatic rings. The molecule has 0 amide bonds. The first kappa shape index (κ1) is 16.1. The molecule has 0 heterocycles. The number of rotatable bonds is 1. The van der Waals surface area contributed by atoms with Gasteiger partial charge >= 0.3 is 16.6 Å². The molecule has 0 aromatic carbocycles. The Kier molecular flexibility index (Phi) is 12.9. The second-order valence-electron chi connectivity index (χ2n) is 2.23. The third-order valence-electron chi connectivity index (χ3n) is 0.354. The monoisotopic (exact) mass is 188 g/mol. The average molecular weight is 189 g/mol. The van der Waals surface area contributed by atoms with Crippen molar-refractivity contribution in [3.63, 3.8) is 0 Å². The second kappa shape index (κ2) is 6.41. The van der Waals surface area contributed by atoms with E-state index in [2.05, 4.69) is 36.3 Å². The number of halogens is 2. The van der Waals surface area contributed by atoms with Crippen molar-refractivity contribution in [2.75, 3.05) is 0 Å². The van der Waals surface area contributed by atoms with Crippen LogP contribution in [0.2, 0.25) is 19.6 Å². The molecule has 1 nitrogen and oxygen atoms in total. The Labute approximate surface area is 72.9 Å². The standard InChI is InChI=1S/C3H9OSi.Al.2ClH/c1-5(2,3)4;;;/h1-3H3;;2*1H/q-1;+1;;. The Morgan fingerprint density at radius 3 is 1.25 bits per heavy atom. The first-order valence-corrected chi connectivity index (χ1v) is 5.82. The van der Waals surface area contributed by atoms with Crippen molar-refractivity contribution < 1.29 is 3.48 Å². The minimum Gasteiger partial charge on any atom is -0.558 e. The van der Waals surface area contributed by atoms with Gasteiger partial charge in [-0.2, -0.15) is 0 Å². The fourth-order valence-electron chi connectivity index (χ4n) is 0. The fraction of sp³-hybridized carbons (Fsp3) is 1.00. The van der Waals surface area contributed by atoms with Crippen molar-refractivity contribution in [1.29, 1.82) is 0 Å². The third kappa shape index (κ3) is 15.7. The molecule has 0 spiro atoms. The van der Waals surface area contributed by atoms with Gasteiger partial charge in [0.05, 0.1) is 0 Å². The molecule has 0 atom stereocenters. The molecule has 5 heteroatoms. The van der Waals surface area contributed by atoms with Crippen molar-refractivity contribution in [2.45, 2.75) is 19.6 Å². The molecular weight excluding hydrogens is 178 g/mol. The van der Waals surface area contributed by atoms with Crippen LogP contribution < -0.4 is 0 Å². The number of hydrogen-bond donors (Lipinski definition) is 0. The van der Waals surface area contributed by atoms with Gasteiger partial charge < -0.3 is 3.48 Å². The Balaban J connectivity index is -0.000000125. The molecule has 0 N–H and O–H groups in total. The normalized spacial score (nSPS) is 8.88. The summed E-state index contributed by atoms with van der Waals surface area (Å²) in [5, 5.41) is 0. The van der Waals surface area contributed by atoms with Crippen molar-refractivity contribution in [3.05, 3.63) is 0 Å². The molecule has 50 valence electrons. The van der Waals surface area contributed by atoms with Crippen LogP contribution in [0.1, 0.15) is 0 Å². The Bertz CT molecular complexity index is 47.0. The van der Waals surface area contributed by atoms with Gasteiger partial charge in [-0.25, -0.2) is 0 Å². The van der Waals surface area contributed by atoms with E-state index in [0.717, 1.165) is 0 Å². The van der Waals surface area contributed by atoms with Crippen LogP contribution in [0.4, 0.5) is 0 Å². The van der Waals surface area contributed by atoms with Crippen molar-refractivity contribution in [3.8, 4) is 0 Å². The van der Waals surface area contributed by atoms with E-state index in [4.69, 9.17) is 3.48 Å². The van der Waals surface area contributed by atoms with Gasteiger partial charge in [0.25, 0.3) is 0 Å². The van der Waals surface area contributed by atoms with Gasteiger partial charge in [-0.15, -0.1) is 24.8 Å². The average Bonchev–Trinajstić information content (AvgIpc) is 1.35. The molecule has 0 aromatic heterocycles. The molecular formula is C3H11AlCl2OSi. The van der Waals surface area contributed by atoms with Crippen LogP contribution >= 0.6 is 24.8 Å². The van der Waals surface area contributed by atoms with Crippen LogP contribution in [0, 0.1) is 0 Å². The quantitative estimate of drug-likeness (QED) is 0.571. The van der Waals surface area contributed by atoms with Crippen molar-refractivity contribution in [1.82, 2.24) is 0 Å². The smallest absolute Gasteiger partial charge is 0.354 e. The van der Waals surface area contributed by atoms with Gasteiger partial charge in [-0.3, -0.25) is 0 Å². The highest BCUT2D eigenvalue weighted by Gasteiger charge is 2.06. The Hall–Kier alpha value is 1.29. The van der Waals surface area contributed by atoms with Crippen LogP contribution in [0.5, 0.6) is 0 Å². The maximum absolute atomic E-state index is 4.99. The van der Waals surface area contributed by atoms with E-state index < -0.39 is 8.32 Å². The molecule has 8 heavy (non-hydrogen) atoms. The molecule has 0 saturated heterocycles. The lowest BCUT2D eigenvalue weighted by atomic mass is 11.8. The lowest BCUT2D eigenvalue weighted by Gasteiger charge is -2.13. The van der Waals surface area contributed by atoms with Gasteiger partial charge in [-0.05, 0) is 19.6 Å². The maximum atomic E-state index is 4.99. The zero-order valence-electron chi connectivity index (χ0n) is 5.30. The van der Waals surface area contributed by atoms with E-state index in [1.54, 1.807) is 0 Å². The molecule has 0 aliphatic rings. The van der Waals surface area contributed by atoms with Gasteiger partial charge in [0.15, 0.2) is 8.32 Å². The summed E-state index contributed by atoms with van der Waals surface area (Å²) in [4.78, 5) is 0. The van der Waals surface area contributed by atoms with E-state index in [1.807, 2.05) is 0 Å². The van der Waals surface area contributed by atoms with E-state index in [-0.39, 0.29) is 24.8 Å². The highest BCUT2D eigenvalue weighted by Crippen LogP contribution is 1.96. The van der Waals surface area contributed by atoms with Gasteiger partial charge in [0.2, 0.25) is 0 Å². The van der Waals surface area contributed by atoms with Crippen LogP contribution in [0.15, 0.2) is 0 Å². The summed E-state index contributed by atoms with van der Waals surface area (Å²) in [6.45, 7) is 6.42. The summed E-state index contributed by atoms with van der Waals surface area (Å²) in [6, 6.07) is 0. The molecule has 0 fully saturated rings. The summed E-state index contributed by atoms with van der Waals surface area (Å²) in [5.41, 5.74) is 0. The first-order chi connectivity index (χ1) is 2.56. The van der Waals surface area contributed by atoms with E-state index in [9.17, 15) is 0 Å². The van der Waals surface area contributed by atoms with E-state index in [1.165, 1.54) is 0 Å². The minimum absolute atomic E-state index is 0. The molecule has 0 saturated carbocycles.